The highest BCUT2D eigenvalue weighted by molar-refractivity contribution is 5.36. The fraction of sp³-hybridized carbons (Fsp3) is 0.417. The van der Waals surface area contributed by atoms with Crippen LogP contribution in [0.5, 0.6) is 5.75 Å². The van der Waals surface area contributed by atoms with Gasteiger partial charge in [0.2, 0.25) is 0 Å². The molecule has 0 N–H and O–H groups in total. The van der Waals surface area contributed by atoms with Crippen LogP contribution in [0.2, 0.25) is 0 Å². The van der Waals surface area contributed by atoms with E-state index in [9.17, 15) is 4.39 Å². The van der Waals surface area contributed by atoms with Crippen molar-refractivity contribution in [2.45, 2.75) is 12.8 Å². The Bertz CT molecular complexity index is 374. The monoisotopic (exact) mass is 223 g/mol. The van der Waals surface area contributed by atoms with Gasteiger partial charge in [-0.2, -0.15) is 5.26 Å². The minimum absolute atomic E-state index is 0.0340. The number of benzene rings is 1. The van der Waals surface area contributed by atoms with E-state index in [1.54, 1.807) is 19.2 Å². The van der Waals surface area contributed by atoms with E-state index in [0.29, 0.717) is 19.0 Å². The van der Waals surface area contributed by atoms with Crippen LogP contribution in [0.3, 0.4) is 0 Å². The third kappa shape index (κ3) is 3.87. The van der Waals surface area contributed by atoms with E-state index < -0.39 is 5.82 Å². The zero-order valence-corrected chi connectivity index (χ0v) is 9.20. The molecule has 1 aromatic carbocycles. The first-order chi connectivity index (χ1) is 7.77. The summed E-state index contributed by atoms with van der Waals surface area (Å²) in [4.78, 5) is 0. The number of nitrogens with zero attached hydrogens (tertiary/aromatic N) is 1. The highest BCUT2D eigenvalue weighted by Crippen LogP contribution is 2.16. The Labute approximate surface area is 94.4 Å². The van der Waals surface area contributed by atoms with Gasteiger partial charge in [-0.15, -0.1) is 0 Å². The molecule has 0 bridgehead atoms. The Hall–Kier alpha value is -1.60. The van der Waals surface area contributed by atoms with E-state index in [1.807, 2.05) is 0 Å². The van der Waals surface area contributed by atoms with Crippen LogP contribution in [0.15, 0.2) is 18.2 Å². The molecule has 86 valence electrons. The predicted molar refractivity (Wildman–Crippen MR) is 57.7 cm³/mol. The molecule has 0 aromatic heterocycles. The maximum absolute atomic E-state index is 13.2. The van der Waals surface area contributed by atoms with E-state index >= 15 is 0 Å². The zero-order chi connectivity index (χ0) is 11.8. The molecule has 4 heteroatoms. The van der Waals surface area contributed by atoms with Gasteiger partial charge in [0.15, 0.2) is 0 Å². The summed E-state index contributed by atoms with van der Waals surface area (Å²) in [6.45, 7) is 1.22. The molecule has 0 heterocycles. The molecular weight excluding hydrogens is 209 g/mol. The quantitative estimate of drug-likeness (QED) is 0.696. The van der Waals surface area contributed by atoms with E-state index in [1.165, 1.54) is 12.1 Å². The van der Waals surface area contributed by atoms with Crippen molar-refractivity contribution in [1.82, 2.24) is 0 Å². The lowest BCUT2D eigenvalue weighted by atomic mass is 10.2. The number of hydrogen-bond acceptors (Lipinski definition) is 3. The van der Waals surface area contributed by atoms with Gasteiger partial charge in [-0.3, -0.25) is 0 Å². The van der Waals surface area contributed by atoms with Crippen LogP contribution in [0, 0.1) is 17.1 Å². The maximum atomic E-state index is 13.2. The summed E-state index contributed by atoms with van der Waals surface area (Å²) < 4.78 is 23.4. The van der Waals surface area contributed by atoms with Gasteiger partial charge in [0.1, 0.15) is 17.6 Å². The Balaban J connectivity index is 2.38. The average Bonchev–Trinajstić information content (AvgIpc) is 2.29. The number of hydrogen-bond donors (Lipinski definition) is 0. The van der Waals surface area contributed by atoms with Crippen molar-refractivity contribution in [3.8, 4) is 11.8 Å². The fourth-order valence-corrected chi connectivity index (χ4v) is 1.21. The molecule has 0 spiro atoms. The molecule has 0 unspecified atom stereocenters. The first-order valence-electron chi connectivity index (χ1n) is 5.09. The van der Waals surface area contributed by atoms with Crippen molar-refractivity contribution in [2.75, 3.05) is 20.3 Å². The van der Waals surface area contributed by atoms with Crippen LogP contribution >= 0.6 is 0 Å². The zero-order valence-electron chi connectivity index (χ0n) is 9.20. The van der Waals surface area contributed by atoms with Crippen LogP contribution in [-0.4, -0.2) is 20.3 Å². The lowest BCUT2D eigenvalue weighted by Crippen LogP contribution is -2.00. The van der Waals surface area contributed by atoms with Gasteiger partial charge in [0.25, 0.3) is 0 Å². The molecule has 0 radical (unpaired) electrons. The van der Waals surface area contributed by atoms with Gasteiger partial charge >= 0.3 is 0 Å². The first kappa shape index (κ1) is 12.5. The number of halogens is 1. The lowest BCUT2D eigenvalue weighted by Gasteiger charge is -2.06. The summed E-state index contributed by atoms with van der Waals surface area (Å²) in [6.07, 6.45) is 1.77. The summed E-state index contributed by atoms with van der Waals surface area (Å²) in [5, 5.41) is 8.54. The van der Waals surface area contributed by atoms with E-state index in [-0.39, 0.29) is 5.56 Å². The second-order valence-electron chi connectivity index (χ2n) is 3.30. The number of methoxy groups -OCH3 is 1. The van der Waals surface area contributed by atoms with Crippen molar-refractivity contribution in [1.29, 1.82) is 5.26 Å². The normalized spacial score (nSPS) is 9.81. The molecule has 1 rings (SSSR count). The standard InChI is InChI=1S/C12H14FNO2/c1-15-6-2-3-7-16-11-5-4-10(9-14)12(13)8-11/h4-5,8H,2-3,6-7H2,1H3. The molecule has 0 aliphatic carbocycles. The van der Waals surface area contributed by atoms with Gasteiger partial charge in [0.05, 0.1) is 12.2 Å². The van der Waals surface area contributed by atoms with Crippen LogP contribution in [0.4, 0.5) is 4.39 Å². The van der Waals surface area contributed by atoms with Crippen molar-refractivity contribution in [3.05, 3.63) is 29.6 Å². The van der Waals surface area contributed by atoms with E-state index in [0.717, 1.165) is 12.8 Å². The summed E-state index contributed by atoms with van der Waals surface area (Å²) in [5.74, 6) is -0.0918. The third-order valence-electron chi connectivity index (χ3n) is 2.07. The minimum Gasteiger partial charge on any atom is -0.493 e. The largest absolute Gasteiger partial charge is 0.493 e. The molecule has 0 aliphatic rings. The number of ether oxygens (including phenoxy) is 2. The molecular formula is C12H14FNO2. The molecule has 16 heavy (non-hydrogen) atoms. The Kier molecular flexibility index (Phi) is 5.30. The predicted octanol–water partition coefficient (Wildman–Crippen LogP) is 2.50. The maximum Gasteiger partial charge on any atom is 0.144 e. The smallest absolute Gasteiger partial charge is 0.144 e. The minimum atomic E-state index is -0.545. The SMILES string of the molecule is COCCCCOc1ccc(C#N)c(F)c1. The molecule has 0 saturated carbocycles. The van der Waals surface area contributed by atoms with Gasteiger partial charge in [-0.25, -0.2) is 4.39 Å². The Morgan fingerprint density at radius 1 is 1.31 bits per heavy atom. The van der Waals surface area contributed by atoms with Crippen LogP contribution in [0.25, 0.3) is 0 Å². The average molecular weight is 223 g/mol. The third-order valence-corrected chi connectivity index (χ3v) is 2.07. The highest BCUT2D eigenvalue weighted by Gasteiger charge is 2.02. The topological polar surface area (TPSA) is 42.2 Å². The van der Waals surface area contributed by atoms with Crippen molar-refractivity contribution in [3.63, 3.8) is 0 Å². The fourth-order valence-electron chi connectivity index (χ4n) is 1.21. The summed E-state index contributed by atoms with van der Waals surface area (Å²) in [7, 11) is 1.65. The molecule has 0 aliphatic heterocycles. The molecule has 3 nitrogen and oxygen atoms in total. The number of rotatable bonds is 6. The van der Waals surface area contributed by atoms with Gasteiger partial charge in [0, 0.05) is 19.8 Å². The molecule has 0 saturated heterocycles. The summed E-state index contributed by atoms with van der Waals surface area (Å²) >= 11 is 0. The highest BCUT2D eigenvalue weighted by atomic mass is 19.1. The second kappa shape index (κ2) is 6.81. The lowest BCUT2D eigenvalue weighted by molar-refractivity contribution is 0.184. The Morgan fingerprint density at radius 3 is 2.69 bits per heavy atom. The van der Waals surface area contributed by atoms with Crippen LogP contribution in [0.1, 0.15) is 18.4 Å². The summed E-state index contributed by atoms with van der Waals surface area (Å²) in [6, 6.07) is 6.00. The molecule has 0 fully saturated rings. The van der Waals surface area contributed by atoms with Gasteiger partial charge in [-0.1, -0.05) is 0 Å². The molecule has 1 aromatic rings. The number of unbranched alkanes of at least 4 members (excludes halogenated alkanes) is 1. The van der Waals surface area contributed by atoms with Crippen LogP contribution in [-0.2, 0) is 4.74 Å². The van der Waals surface area contributed by atoms with E-state index in [2.05, 4.69) is 0 Å². The van der Waals surface area contributed by atoms with E-state index in [4.69, 9.17) is 14.7 Å². The van der Waals surface area contributed by atoms with Crippen molar-refractivity contribution >= 4 is 0 Å². The van der Waals surface area contributed by atoms with Gasteiger partial charge < -0.3 is 9.47 Å². The van der Waals surface area contributed by atoms with Crippen molar-refractivity contribution in [2.24, 2.45) is 0 Å². The second-order valence-corrected chi connectivity index (χ2v) is 3.30. The molecule has 0 atom stereocenters. The summed E-state index contributed by atoms with van der Waals surface area (Å²) in [5.41, 5.74) is 0.0340. The van der Waals surface area contributed by atoms with Crippen molar-refractivity contribution < 1.29 is 13.9 Å². The van der Waals surface area contributed by atoms with Crippen LogP contribution < -0.4 is 4.74 Å². The number of nitriles is 1. The molecule has 0 amide bonds. The Morgan fingerprint density at radius 2 is 2.06 bits per heavy atom. The van der Waals surface area contributed by atoms with Gasteiger partial charge in [-0.05, 0) is 25.0 Å². The first-order valence-corrected chi connectivity index (χ1v) is 5.09.